The second-order valence-electron chi connectivity index (χ2n) is 3.66. The first kappa shape index (κ1) is 12.1. The van der Waals surface area contributed by atoms with E-state index in [4.69, 9.17) is 14.9 Å². The zero-order chi connectivity index (χ0) is 11.4. The van der Waals surface area contributed by atoms with Gasteiger partial charge in [-0.05, 0) is 28.1 Å². The molecule has 0 spiro atoms. The number of furan rings is 1. The van der Waals surface area contributed by atoms with Gasteiger partial charge in [-0.15, -0.1) is 0 Å². The van der Waals surface area contributed by atoms with Crippen LogP contribution in [0.15, 0.2) is 21.2 Å². The Balaban J connectivity index is 1.94. The van der Waals surface area contributed by atoms with E-state index in [0.717, 1.165) is 36.7 Å². The first-order chi connectivity index (χ1) is 7.79. The van der Waals surface area contributed by atoms with Crippen molar-refractivity contribution in [3.8, 4) is 0 Å². The zero-order valence-electron chi connectivity index (χ0n) is 8.99. The normalized spacial score (nSPS) is 19.9. The van der Waals surface area contributed by atoms with Gasteiger partial charge in [-0.2, -0.15) is 0 Å². The summed E-state index contributed by atoms with van der Waals surface area (Å²) in [6, 6.07) is 3.82. The molecule has 0 amide bonds. The number of hydrogen-bond acceptors (Lipinski definition) is 5. The highest BCUT2D eigenvalue weighted by molar-refractivity contribution is 9.10. The maximum atomic E-state index is 5.74. The summed E-state index contributed by atoms with van der Waals surface area (Å²) in [7, 11) is 0. The molecule has 2 rings (SSSR count). The Morgan fingerprint density at radius 1 is 1.44 bits per heavy atom. The molecule has 0 aliphatic carbocycles. The minimum atomic E-state index is 0.0180. The van der Waals surface area contributed by atoms with Crippen LogP contribution in [0.25, 0.3) is 0 Å². The molecule has 1 fully saturated rings. The average Bonchev–Trinajstić information content (AvgIpc) is 2.74. The van der Waals surface area contributed by atoms with Gasteiger partial charge < -0.3 is 14.9 Å². The van der Waals surface area contributed by atoms with Crippen molar-refractivity contribution in [2.45, 2.75) is 6.04 Å². The van der Waals surface area contributed by atoms with Crippen molar-refractivity contribution >= 4 is 15.9 Å². The van der Waals surface area contributed by atoms with E-state index in [0.29, 0.717) is 6.54 Å². The van der Waals surface area contributed by atoms with Crippen LogP contribution in [0.4, 0.5) is 0 Å². The molecule has 1 aliphatic heterocycles. The molecule has 5 nitrogen and oxygen atoms in total. The lowest BCUT2D eigenvalue weighted by atomic mass is 10.2. The third-order valence-corrected chi connectivity index (χ3v) is 2.95. The molecule has 1 aliphatic rings. The molecule has 16 heavy (non-hydrogen) atoms. The SMILES string of the molecule is NCC(NN1CCOCC1)c1ccc(Br)o1. The van der Waals surface area contributed by atoms with Crippen molar-refractivity contribution in [1.29, 1.82) is 0 Å². The molecule has 0 aromatic carbocycles. The molecule has 0 saturated carbocycles. The highest BCUT2D eigenvalue weighted by Crippen LogP contribution is 2.20. The van der Waals surface area contributed by atoms with Gasteiger partial charge in [-0.1, -0.05) is 0 Å². The van der Waals surface area contributed by atoms with E-state index in [1.54, 1.807) is 0 Å². The minimum Gasteiger partial charge on any atom is -0.453 e. The van der Waals surface area contributed by atoms with Crippen LogP contribution in [0, 0.1) is 0 Å². The number of nitrogens with zero attached hydrogens (tertiary/aromatic N) is 1. The maximum absolute atomic E-state index is 5.74. The lowest BCUT2D eigenvalue weighted by Gasteiger charge is -2.30. The molecule has 0 bridgehead atoms. The summed E-state index contributed by atoms with van der Waals surface area (Å²) in [5, 5.41) is 2.12. The second-order valence-corrected chi connectivity index (χ2v) is 4.44. The van der Waals surface area contributed by atoms with Gasteiger partial charge in [0.25, 0.3) is 0 Å². The summed E-state index contributed by atoms with van der Waals surface area (Å²) < 4.78 is 11.5. The maximum Gasteiger partial charge on any atom is 0.169 e. The summed E-state index contributed by atoms with van der Waals surface area (Å²) in [6.07, 6.45) is 0. The number of nitrogens with two attached hydrogens (primary N) is 1. The number of nitrogens with one attached hydrogen (secondary N) is 1. The van der Waals surface area contributed by atoms with Crippen LogP contribution in [0.3, 0.4) is 0 Å². The predicted octanol–water partition coefficient (Wildman–Crippen LogP) is 0.879. The Morgan fingerprint density at radius 2 is 2.19 bits per heavy atom. The number of halogens is 1. The molecular formula is C10H16BrN3O2. The van der Waals surface area contributed by atoms with E-state index < -0.39 is 0 Å². The quantitative estimate of drug-likeness (QED) is 0.862. The summed E-state index contributed by atoms with van der Waals surface area (Å²) in [6.45, 7) is 3.76. The van der Waals surface area contributed by atoms with Crippen molar-refractivity contribution < 1.29 is 9.15 Å². The van der Waals surface area contributed by atoms with Crippen molar-refractivity contribution in [2.24, 2.45) is 5.73 Å². The highest BCUT2D eigenvalue weighted by atomic mass is 79.9. The molecule has 2 heterocycles. The van der Waals surface area contributed by atoms with E-state index in [1.165, 1.54) is 0 Å². The molecule has 6 heteroatoms. The first-order valence-electron chi connectivity index (χ1n) is 5.34. The van der Waals surface area contributed by atoms with Gasteiger partial charge >= 0.3 is 0 Å². The van der Waals surface area contributed by atoms with Gasteiger partial charge in [0.15, 0.2) is 4.67 Å². The van der Waals surface area contributed by atoms with Crippen LogP contribution < -0.4 is 11.2 Å². The molecule has 3 N–H and O–H groups in total. The Kier molecular flexibility index (Phi) is 4.37. The van der Waals surface area contributed by atoms with E-state index >= 15 is 0 Å². The molecule has 1 atom stereocenters. The van der Waals surface area contributed by atoms with E-state index in [2.05, 4.69) is 26.4 Å². The number of hydrogen-bond donors (Lipinski definition) is 2. The Labute approximate surface area is 103 Å². The highest BCUT2D eigenvalue weighted by Gasteiger charge is 2.18. The summed E-state index contributed by atoms with van der Waals surface area (Å²) in [5.74, 6) is 0.848. The fourth-order valence-electron chi connectivity index (χ4n) is 1.66. The van der Waals surface area contributed by atoms with Gasteiger partial charge in [-0.25, -0.2) is 10.4 Å². The standard InChI is InChI=1S/C10H16BrN3O2/c11-10-2-1-9(16-10)8(7-12)13-14-3-5-15-6-4-14/h1-2,8,13H,3-7,12H2. The van der Waals surface area contributed by atoms with Crippen LogP contribution in [0.1, 0.15) is 11.8 Å². The Hall–Kier alpha value is -0.400. The monoisotopic (exact) mass is 289 g/mol. The van der Waals surface area contributed by atoms with Crippen molar-refractivity contribution in [2.75, 3.05) is 32.8 Å². The summed E-state index contributed by atoms with van der Waals surface area (Å²) >= 11 is 3.29. The topological polar surface area (TPSA) is 63.7 Å². The Bertz CT molecular complexity index is 326. The molecular weight excluding hydrogens is 274 g/mol. The van der Waals surface area contributed by atoms with E-state index in [9.17, 15) is 0 Å². The van der Waals surface area contributed by atoms with Gasteiger partial charge in [0, 0.05) is 19.6 Å². The van der Waals surface area contributed by atoms with Crippen molar-refractivity contribution in [3.63, 3.8) is 0 Å². The molecule has 1 saturated heterocycles. The van der Waals surface area contributed by atoms with Gasteiger partial charge in [-0.3, -0.25) is 0 Å². The second kappa shape index (κ2) is 5.79. The van der Waals surface area contributed by atoms with E-state index in [1.807, 2.05) is 12.1 Å². The van der Waals surface area contributed by atoms with Gasteiger partial charge in [0.05, 0.1) is 19.3 Å². The van der Waals surface area contributed by atoms with Crippen molar-refractivity contribution in [1.82, 2.24) is 10.4 Å². The van der Waals surface area contributed by atoms with Crippen LogP contribution in [0.2, 0.25) is 0 Å². The fourth-order valence-corrected chi connectivity index (χ4v) is 1.98. The smallest absolute Gasteiger partial charge is 0.169 e. The lowest BCUT2D eigenvalue weighted by molar-refractivity contribution is 0.00226. The van der Waals surface area contributed by atoms with Gasteiger partial charge in [0.2, 0.25) is 0 Å². The fraction of sp³-hybridized carbons (Fsp3) is 0.600. The number of morpholine rings is 1. The molecule has 1 aromatic rings. The zero-order valence-corrected chi connectivity index (χ0v) is 10.6. The largest absolute Gasteiger partial charge is 0.453 e. The van der Waals surface area contributed by atoms with Crippen LogP contribution in [-0.2, 0) is 4.74 Å². The third-order valence-electron chi connectivity index (χ3n) is 2.52. The third kappa shape index (κ3) is 3.05. The minimum absolute atomic E-state index is 0.0180. The molecule has 90 valence electrons. The summed E-state index contributed by atoms with van der Waals surface area (Å²) in [5.41, 5.74) is 9.08. The Morgan fingerprint density at radius 3 is 2.75 bits per heavy atom. The first-order valence-corrected chi connectivity index (χ1v) is 6.13. The van der Waals surface area contributed by atoms with Crippen molar-refractivity contribution in [3.05, 3.63) is 22.6 Å². The molecule has 1 unspecified atom stereocenters. The number of ether oxygens (including phenoxy) is 1. The molecule has 0 radical (unpaired) electrons. The molecule has 1 aromatic heterocycles. The number of rotatable bonds is 4. The number of hydrazine groups is 1. The average molecular weight is 290 g/mol. The van der Waals surface area contributed by atoms with Crippen LogP contribution >= 0.6 is 15.9 Å². The van der Waals surface area contributed by atoms with Crippen LogP contribution in [-0.4, -0.2) is 37.9 Å². The van der Waals surface area contributed by atoms with Crippen LogP contribution in [0.5, 0.6) is 0 Å². The predicted molar refractivity (Wildman–Crippen MR) is 63.7 cm³/mol. The lowest BCUT2D eigenvalue weighted by Crippen LogP contribution is -2.48. The van der Waals surface area contributed by atoms with E-state index in [-0.39, 0.29) is 6.04 Å². The van der Waals surface area contributed by atoms with Gasteiger partial charge in [0.1, 0.15) is 5.76 Å². The summed E-state index contributed by atoms with van der Waals surface area (Å²) in [4.78, 5) is 0.